The summed E-state index contributed by atoms with van der Waals surface area (Å²) in [7, 11) is 3.44. The summed E-state index contributed by atoms with van der Waals surface area (Å²) < 4.78 is 4.84. The molecule has 1 heterocycles. The summed E-state index contributed by atoms with van der Waals surface area (Å²) in [4.78, 5) is 18.4. The molecule has 0 spiro atoms. The predicted octanol–water partition coefficient (Wildman–Crippen LogP) is 6.43. The van der Waals surface area contributed by atoms with Gasteiger partial charge in [0.25, 0.3) is 0 Å². The highest BCUT2D eigenvalue weighted by Crippen LogP contribution is 2.34. The molecule has 0 unspecified atom stereocenters. The molecule has 0 radical (unpaired) electrons. The largest absolute Gasteiger partial charge is 0.465 e. The summed E-state index contributed by atoms with van der Waals surface area (Å²) in [6.45, 7) is 0. The van der Waals surface area contributed by atoms with Gasteiger partial charge in [0.15, 0.2) is 0 Å². The number of carbonyl (C=O) groups excluding carboxylic acids is 1. The molecule has 1 saturated carbocycles. The van der Waals surface area contributed by atoms with Crippen LogP contribution in [0.1, 0.15) is 53.9 Å². The number of carbonyl (C=O) groups is 1. The van der Waals surface area contributed by atoms with Gasteiger partial charge in [0.05, 0.1) is 7.11 Å². The average Bonchev–Trinajstić information content (AvgIpc) is 2.84. The van der Waals surface area contributed by atoms with E-state index in [1.54, 1.807) is 18.3 Å². The molecule has 4 rings (SSSR count). The summed E-state index contributed by atoms with van der Waals surface area (Å²) in [5, 5.41) is 3.21. The minimum Gasteiger partial charge on any atom is -0.465 e. The van der Waals surface area contributed by atoms with Crippen LogP contribution in [-0.4, -0.2) is 25.1 Å². The van der Waals surface area contributed by atoms with Gasteiger partial charge in [-0.15, -0.1) is 0 Å². The highest BCUT2D eigenvalue weighted by Gasteiger charge is 2.16. The van der Waals surface area contributed by atoms with E-state index in [0.717, 1.165) is 23.0 Å². The van der Waals surface area contributed by atoms with Gasteiger partial charge in [0, 0.05) is 30.3 Å². The Hall–Kier alpha value is -3.34. The van der Waals surface area contributed by atoms with E-state index < -0.39 is 5.97 Å². The number of pyridine rings is 1. The fraction of sp³-hybridized carbons (Fsp3) is 0.308. The van der Waals surface area contributed by atoms with Crippen LogP contribution in [0.25, 0.3) is 0 Å². The zero-order valence-electron chi connectivity index (χ0n) is 18.2. The Kier molecular flexibility index (Phi) is 6.51. The third-order valence-corrected chi connectivity index (χ3v) is 6.09. The number of methoxy groups -OCH3 is 1. The van der Waals surface area contributed by atoms with Crippen LogP contribution < -0.4 is 10.2 Å². The molecule has 5 heteroatoms. The lowest BCUT2D eigenvalue weighted by Crippen LogP contribution is -2.10. The molecule has 0 bridgehead atoms. The van der Waals surface area contributed by atoms with Crippen molar-refractivity contribution in [2.75, 3.05) is 24.4 Å². The van der Waals surface area contributed by atoms with E-state index in [-0.39, 0.29) is 0 Å². The van der Waals surface area contributed by atoms with Crippen molar-refractivity contribution in [1.29, 1.82) is 0 Å². The molecule has 0 amide bonds. The highest BCUT2D eigenvalue weighted by atomic mass is 16.5. The van der Waals surface area contributed by atoms with Crippen molar-refractivity contribution in [3.63, 3.8) is 0 Å². The van der Waals surface area contributed by atoms with E-state index in [9.17, 15) is 4.79 Å². The fourth-order valence-electron chi connectivity index (χ4n) is 4.24. The van der Waals surface area contributed by atoms with Crippen LogP contribution >= 0.6 is 0 Å². The van der Waals surface area contributed by atoms with Crippen LogP contribution in [-0.2, 0) is 4.74 Å². The van der Waals surface area contributed by atoms with Crippen LogP contribution in [0.3, 0.4) is 0 Å². The van der Waals surface area contributed by atoms with E-state index in [1.807, 2.05) is 12.1 Å². The number of hydrogen-bond donors (Lipinski definition) is 1. The molecule has 5 nitrogen and oxygen atoms in total. The average molecular weight is 416 g/mol. The number of hydrogen-bond acceptors (Lipinski definition) is 5. The van der Waals surface area contributed by atoms with Gasteiger partial charge in [-0.1, -0.05) is 31.4 Å². The maximum atomic E-state index is 11.9. The van der Waals surface area contributed by atoms with Crippen molar-refractivity contribution in [3.05, 3.63) is 78.0 Å². The number of aromatic nitrogens is 1. The van der Waals surface area contributed by atoms with Crippen molar-refractivity contribution in [3.8, 4) is 0 Å². The van der Waals surface area contributed by atoms with Gasteiger partial charge in [-0.3, -0.25) is 0 Å². The van der Waals surface area contributed by atoms with Crippen LogP contribution in [0.15, 0.2) is 66.9 Å². The SMILES string of the molecule is COC(=O)c1cccnc1Nc1ccc(N(C)c2ccc(C3CCCCC3)cc2)cc1. The van der Waals surface area contributed by atoms with Gasteiger partial charge < -0.3 is 15.0 Å². The monoisotopic (exact) mass is 415 g/mol. The Morgan fingerprint density at radius 3 is 2.26 bits per heavy atom. The first kappa shape index (κ1) is 20.9. The van der Waals surface area contributed by atoms with Crippen LogP contribution in [0, 0.1) is 0 Å². The summed E-state index contributed by atoms with van der Waals surface area (Å²) in [5.41, 5.74) is 4.98. The number of nitrogens with one attached hydrogen (secondary N) is 1. The topological polar surface area (TPSA) is 54.5 Å². The summed E-state index contributed by atoms with van der Waals surface area (Å²) in [6, 6.07) is 20.5. The second-order valence-corrected chi connectivity index (χ2v) is 8.05. The van der Waals surface area contributed by atoms with Crippen molar-refractivity contribution in [1.82, 2.24) is 4.98 Å². The zero-order chi connectivity index (χ0) is 21.6. The Bertz CT molecular complexity index is 1010. The Balaban J connectivity index is 1.45. The molecule has 31 heavy (non-hydrogen) atoms. The lowest BCUT2D eigenvalue weighted by atomic mass is 9.84. The first-order valence-electron chi connectivity index (χ1n) is 10.9. The smallest absolute Gasteiger partial charge is 0.341 e. The van der Waals surface area contributed by atoms with Gasteiger partial charge in [0.2, 0.25) is 0 Å². The van der Waals surface area contributed by atoms with E-state index in [1.165, 1.54) is 44.8 Å². The first-order valence-corrected chi connectivity index (χ1v) is 10.9. The predicted molar refractivity (Wildman–Crippen MR) is 126 cm³/mol. The van der Waals surface area contributed by atoms with Gasteiger partial charge in [-0.25, -0.2) is 9.78 Å². The first-order chi connectivity index (χ1) is 15.2. The van der Waals surface area contributed by atoms with Crippen molar-refractivity contribution in [2.45, 2.75) is 38.0 Å². The van der Waals surface area contributed by atoms with Crippen LogP contribution in [0.5, 0.6) is 0 Å². The fourth-order valence-corrected chi connectivity index (χ4v) is 4.24. The van der Waals surface area contributed by atoms with Gasteiger partial charge >= 0.3 is 5.97 Å². The van der Waals surface area contributed by atoms with Crippen LogP contribution in [0.2, 0.25) is 0 Å². The second-order valence-electron chi connectivity index (χ2n) is 8.05. The minimum atomic E-state index is -0.413. The number of rotatable bonds is 6. The molecular formula is C26H29N3O2. The van der Waals surface area contributed by atoms with Gasteiger partial charge in [-0.05, 0) is 72.9 Å². The van der Waals surface area contributed by atoms with Gasteiger partial charge in [0.1, 0.15) is 11.4 Å². The summed E-state index contributed by atoms with van der Waals surface area (Å²) in [6.07, 6.45) is 8.37. The van der Waals surface area contributed by atoms with Crippen LogP contribution in [0.4, 0.5) is 22.9 Å². The standard InChI is InChI=1S/C26H29N3O2/c1-29(22-14-10-20(11-15-22)19-7-4-3-5-8-19)23-16-12-21(13-17-23)28-25-24(26(30)31-2)9-6-18-27-25/h6,9-19H,3-5,7-8H2,1-2H3,(H,27,28). The molecule has 1 aliphatic carbocycles. The van der Waals surface area contributed by atoms with Crippen molar-refractivity contribution >= 4 is 28.8 Å². The zero-order valence-corrected chi connectivity index (χ0v) is 18.2. The summed E-state index contributed by atoms with van der Waals surface area (Å²) >= 11 is 0. The molecule has 3 aromatic rings. The number of ether oxygens (including phenoxy) is 1. The molecular weight excluding hydrogens is 386 g/mol. The van der Waals surface area contributed by atoms with Crippen molar-refractivity contribution < 1.29 is 9.53 Å². The molecule has 1 N–H and O–H groups in total. The number of esters is 1. The molecule has 2 aromatic carbocycles. The molecule has 1 fully saturated rings. The molecule has 0 aliphatic heterocycles. The minimum absolute atomic E-state index is 0.407. The van der Waals surface area contributed by atoms with E-state index >= 15 is 0 Å². The molecule has 1 aromatic heterocycles. The summed E-state index contributed by atoms with van der Waals surface area (Å²) in [5.74, 6) is 0.789. The van der Waals surface area contributed by atoms with E-state index in [2.05, 4.69) is 58.6 Å². The Labute approximate surface area is 184 Å². The Morgan fingerprint density at radius 2 is 1.61 bits per heavy atom. The lowest BCUT2D eigenvalue weighted by Gasteiger charge is -2.24. The molecule has 1 aliphatic rings. The third kappa shape index (κ3) is 4.88. The maximum absolute atomic E-state index is 11.9. The second kappa shape index (κ2) is 9.65. The third-order valence-electron chi connectivity index (χ3n) is 6.09. The maximum Gasteiger partial charge on any atom is 0.341 e. The van der Waals surface area contributed by atoms with Crippen molar-refractivity contribution in [2.24, 2.45) is 0 Å². The highest BCUT2D eigenvalue weighted by molar-refractivity contribution is 5.95. The Morgan fingerprint density at radius 1 is 0.968 bits per heavy atom. The number of nitrogens with zero attached hydrogens (tertiary/aromatic N) is 2. The van der Waals surface area contributed by atoms with E-state index in [0.29, 0.717) is 11.4 Å². The van der Waals surface area contributed by atoms with E-state index in [4.69, 9.17) is 4.74 Å². The van der Waals surface area contributed by atoms with Gasteiger partial charge in [-0.2, -0.15) is 0 Å². The lowest BCUT2D eigenvalue weighted by molar-refractivity contribution is 0.0601. The number of benzene rings is 2. The molecule has 0 saturated heterocycles. The molecule has 0 atom stereocenters. The normalized spacial score (nSPS) is 14.1. The quantitative estimate of drug-likeness (QED) is 0.470. The number of anilines is 4. The molecule has 160 valence electrons.